The van der Waals surface area contributed by atoms with Gasteiger partial charge >= 0.3 is 53.7 Å². The molecule has 0 spiro atoms. The second-order valence-electron chi connectivity index (χ2n) is 12.6. The van der Waals surface area contributed by atoms with Crippen molar-refractivity contribution in [2.45, 2.75) is 151 Å². The molecule has 1 aromatic rings. The van der Waals surface area contributed by atoms with Gasteiger partial charge in [-0.05, 0) is 18.6 Å². The van der Waals surface area contributed by atoms with Gasteiger partial charge in [-0.3, -0.25) is 0 Å². The highest BCUT2D eigenvalue weighted by atomic mass is 19.4. The zero-order chi connectivity index (χ0) is 41.7. The summed E-state index contributed by atoms with van der Waals surface area (Å²) >= 11 is 0. The van der Waals surface area contributed by atoms with Crippen LogP contribution in [0.3, 0.4) is 0 Å². The number of allylic oxidation sites excluding steroid dienone is 1. The highest BCUT2D eigenvalue weighted by Crippen LogP contribution is 2.63. The van der Waals surface area contributed by atoms with E-state index in [1.807, 2.05) is 0 Å². The molecule has 0 aromatic heterocycles. The van der Waals surface area contributed by atoms with Crippen LogP contribution in [0.25, 0.3) is 0 Å². The van der Waals surface area contributed by atoms with Crippen molar-refractivity contribution in [3.63, 3.8) is 0 Å². The summed E-state index contributed by atoms with van der Waals surface area (Å²) in [7, 11) is 0. The van der Waals surface area contributed by atoms with E-state index < -0.39 is 70.8 Å². The summed E-state index contributed by atoms with van der Waals surface area (Å²) in [4.78, 5) is 12.4. The zero-order valence-electron chi connectivity index (χ0n) is 29.0. The van der Waals surface area contributed by atoms with Crippen LogP contribution in [0.5, 0.6) is 5.75 Å². The lowest BCUT2D eigenvalue weighted by Crippen LogP contribution is -2.72. The number of unbranched alkanes of at least 4 members (excludes halogenated alkanes) is 15. The average molecular weight is 821 g/mol. The minimum atomic E-state index is -8.69. The Morgan fingerprint density at radius 2 is 0.889 bits per heavy atom. The molecule has 0 aliphatic rings. The van der Waals surface area contributed by atoms with Gasteiger partial charge in [0.25, 0.3) is 0 Å². The second-order valence-corrected chi connectivity index (χ2v) is 12.6. The summed E-state index contributed by atoms with van der Waals surface area (Å²) in [5, 5.41) is 0. The number of esters is 1. The third kappa shape index (κ3) is 11.5. The second kappa shape index (κ2) is 20.3. The number of hydrogen-bond acceptors (Lipinski definition) is 3. The highest BCUT2D eigenvalue weighted by molar-refractivity contribution is 5.92. The van der Waals surface area contributed by atoms with Crippen molar-refractivity contribution in [1.82, 2.24) is 0 Å². The quantitative estimate of drug-likeness (QED) is 0.0404. The Morgan fingerprint density at radius 3 is 1.31 bits per heavy atom. The van der Waals surface area contributed by atoms with Crippen molar-refractivity contribution in [2.24, 2.45) is 0 Å². The normalized spacial score (nSPS) is 14.3. The lowest BCUT2D eigenvalue weighted by molar-refractivity contribution is -0.451. The van der Waals surface area contributed by atoms with Crippen LogP contribution in [0, 0.1) is 0 Å². The van der Waals surface area contributed by atoms with Crippen molar-refractivity contribution < 1.29 is 88.9 Å². The van der Waals surface area contributed by atoms with Gasteiger partial charge in [0.15, 0.2) is 0 Å². The summed E-state index contributed by atoms with van der Waals surface area (Å²) in [6.45, 7) is 1.89. The maximum absolute atomic E-state index is 14.3. The molecule has 1 aromatic carbocycles. The number of hydrogen-bond donors (Lipinski definition) is 0. The van der Waals surface area contributed by atoms with Gasteiger partial charge in [0, 0.05) is 0 Å². The topological polar surface area (TPSA) is 35.5 Å². The Labute approximate surface area is 300 Å². The molecule has 0 fully saturated rings. The van der Waals surface area contributed by atoms with E-state index in [0.29, 0.717) is 18.9 Å². The van der Waals surface area contributed by atoms with E-state index in [4.69, 9.17) is 4.74 Å². The maximum Gasteiger partial charge on any atom is 0.460 e. The SMILES string of the molecule is CCCCCCCCCCCCCCCCCCOC(=O)c1ccccc1OC(F)=C(F)C(F)(F)C(F)(F)C(F)(F)C(F)(F)C(F)(F)C(F)(F)C(F)(F)F. The molecule has 0 radical (unpaired) electrons. The van der Waals surface area contributed by atoms with Crippen LogP contribution in [0.1, 0.15) is 120 Å². The molecule has 0 bridgehead atoms. The molecule has 54 heavy (non-hydrogen) atoms. The molecule has 20 heteroatoms. The van der Waals surface area contributed by atoms with Crippen LogP contribution < -0.4 is 4.74 Å². The molecule has 0 heterocycles. The molecule has 0 saturated heterocycles. The van der Waals surface area contributed by atoms with Crippen LogP contribution in [0.15, 0.2) is 36.1 Å². The molecule has 1 rings (SSSR count). The summed E-state index contributed by atoms with van der Waals surface area (Å²) < 4.78 is 238. The maximum atomic E-state index is 14.3. The molecule has 0 amide bonds. The summed E-state index contributed by atoms with van der Waals surface area (Å²) in [5.41, 5.74) is -0.905. The van der Waals surface area contributed by atoms with E-state index in [1.165, 1.54) is 51.4 Å². The van der Waals surface area contributed by atoms with Crippen LogP contribution >= 0.6 is 0 Å². The number of ether oxygens (including phenoxy) is 2. The molecular formula is C34H41F17O3. The molecule has 0 aliphatic carbocycles. The third-order valence-electron chi connectivity index (χ3n) is 8.31. The van der Waals surface area contributed by atoms with E-state index in [-0.39, 0.29) is 6.61 Å². The Bertz CT molecular complexity index is 1330. The predicted molar refractivity (Wildman–Crippen MR) is 162 cm³/mol. The Hall–Kier alpha value is -2.96. The van der Waals surface area contributed by atoms with Gasteiger partial charge in [-0.2, -0.15) is 74.6 Å². The summed E-state index contributed by atoms with van der Waals surface area (Å²) in [6.07, 6.45) is 8.87. The van der Waals surface area contributed by atoms with Gasteiger partial charge in [0.05, 0.1) is 6.61 Å². The lowest BCUT2D eigenvalue weighted by Gasteiger charge is -2.41. The van der Waals surface area contributed by atoms with Crippen molar-refractivity contribution >= 4 is 5.97 Å². The minimum absolute atomic E-state index is 0.274. The van der Waals surface area contributed by atoms with Gasteiger partial charge in [-0.15, -0.1) is 0 Å². The van der Waals surface area contributed by atoms with E-state index in [0.717, 1.165) is 56.7 Å². The van der Waals surface area contributed by atoms with Crippen LogP contribution in [-0.2, 0) is 4.74 Å². The number of para-hydroxylation sites is 1. The Kier molecular flexibility index (Phi) is 18.4. The third-order valence-corrected chi connectivity index (χ3v) is 8.31. The highest BCUT2D eigenvalue weighted by Gasteiger charge is 2.94. The van der Waals surface area contributed by atoms with E-state index in [9.17, 15) is 79.4 Å². The number of rotatable bonds is 26. The van der Waals surface area contributed by atoms with Crippen LogP contribution in [-0.4, -0.2) is 54.3 Å². The van der Waals surface area contributed by atoms with Crippen molar-refractivity contribution in [2.75, 3.05) is 6.61 Å². The monoisotopic (exact) mass is 820 g/mol. The fourth-order valence-corrected chi connectivity index (χ4v) is 4.99. The molecule has 0 unspecified atom stereocenters. The van der Waals surface area contributed by atoms with E-state index in [2.05, 4.69) is 11.7 Å². The van der Waals surface area contributed by atoms with Gasteiger partial charge in [0.1, 0.15) is 11.3 Å². The zero-order valence-corrected chi connectivity index (χ0v) is 29.0. The molecule has 314 valence electrons. The predicted octanol–water partition coefficient (Wildman–Crippen LogP) is 14.0. The van der Waals surface area contributed by atoms with E-state index >= 15 is 0 Å². The lowest BCUT2D eigenvalue weighted by atomic mass is 9.91. The first-order valence-electron chi connectivity index (χ1n) is 17.1. The van der Waals surface area contributed by atoms with Crippen molar-refractivity contribution in [3.8, 4) is 5.75 Å². The molecule has 0 saturated carbocycles. The number of alkyl halides is 15. The summed E-state index contributed by atoms with van der Waals surface area (Å²) in [5.74, 6) is -57.4. The molecular weight excluding hydrogens is 779 g/mol. The summed E-state index contributed by atoms with van der Waals surface area (Å²) in [6, 6.07) is -0.558. The first-order valence-corrected chi connectivity index (χ1v) is 17.1. The molecule has 0 aliphatic heterocycles. The van der Waals surface area contributed by atoms with Crippen molar-refractivity contribution in [3.05, 3.63) is 41.7 Å². The fourth-order valence-electron chi connectivity index (χ4n) is 4.99. The first-order chi connectivity index (χ1) is 24.8. The minimum Gasteiger partial charge on any atom is -0.462 e. The van der Waals surface area contributed by atoms with Crippen LogP contribution in [0.4, 0.5) is 74.6 Å². The smallest absolute Gasteiger partial charge is 0.460 e. The first kappa shape index (κ1) is 49.1. The number of carbonyl (C=O) groups is 1. The van der Waals surface area contributed by atoms with Gasteiger partial charge in [-0.1, -0.05) is 115 Å². The molecule has 3 nitrogen and oxygen atoms in total. The Morgan fingerprint density at radius 1 is 0.519 bits per heavy atom. The number of halogens is 17. The van der Waals surface area contributed by atoms with E-state index in [1.54, 1.807) is 0 Å². The number of benzene rings is 1. The van der Waals surface area contributed by atoms with Gasteiger partial charge < -0.3 is 9.47 Å². The Balaban J connectivity index is 2.80. The average Bonchev–Trinajstić information content (AvgIpc) is 3.08. The largest absolute Gasteiger partial charge is 0.462 e. The van der Waals surface area contributed by atoms with Gasteiger partial charge in [-0.25, -0.2) is 4.79 Å². The molecule has 0 atom stereocenters. The van der Waals surface area contributed by atoms with Crippen LogP contribution in [0.2, 0.25) is 0 Å². The standard InChI is InChI=1S/C34H41F17O3/c1-2-3-4-5-6-7-8-9-10-11-12-13-14-15-16-19-22-53-27(52)23-20-17-18-21-24(23)54-26(36)25(35)28(37,38)29(39,40)30(41,42)31(43,44)32(45,46)33(47,48)34(49,50)51/h17-18,20-21H,2-16,19,22H2,1H3. The van der Waals surface area contributed by atoms with Crippen molar-refractivity contribution in [1.29, 1.82) is 0 Å². The fraction of sp³-hybridized carbons (Fsp3) is 0.735. The van der Waals surface area contributed by atoms with Gasteiger partial charge in [0.2, 0.25) is 5.83 Å². The number of carbonyl (C=O) groups excluding carboxylic acids is 1. The molecule has 0 N–H and O–H groups in total.